The third-order valence-corrected chi connectivity index (χ3v) is 3.24. The first kappa shape index (κ1) is 12.4. The molecular formula is C11H13IN4O. The minimum atomic E-state index is -0.979. The van der Waals surface area contributed by atoms with E-state index in [0.717, 1.165) is 9.13 Å². The number of nitrogens with zero attached hydrogens (tertiary/aromatic N) is 4. The smallest absolute Gasteiger partial charge is 0.178 e. The zero-order chi connectivity index (χ0) is 12.5. The summed E-state index contributed by atoms with van der Waals surface area (Å²) in [7, 11) is 1.70. The molecule has 0 aliphatic heterocycles. The first-order valence-corrected chi connectivity index (χ1v) is 6.26. The lowest BCUT2D eigenvalue weighted by Crippen LogP contribution is -2.25. The van der Waals surface area contributed by atoms with Crippen molar-refractivity contribution in [3.8, 4) is 0 Å². The molecule has 1 heterocycles. The summed E-state index contributed by atoms with van der Waals surface area (Å²) >= 11 is 2.23. The van der Waals surface area contributed by atoms with E-state index in [1.165, 1.54) is 4.80 Å². The van der Waals surface area contributed by atoms with Crippen LogP contribution in [0.25, 0.3) is 0 Å². The van der Waals surface area contributed by atoms with Gasteiger partial charge in [0, 0.05) is 9.99 Å². The molecule has 0 spiro atoms. The van der Waals surface area contributed by atoms with Crippen LogP contribution in [0, 0.1) is 3.57 Å². The minimum Gasteiger partial charge on any atom is -0.385 e. The normalized spacial score (nSPS) is 14.6. The van der Waals surface area contributed by atoms with Gasteiger partial charge in [0.05, 0.1) is 12.6 Å². The molecule has 1 unspecified atom stereocenters. The van der Waals surface area contributed by atoms with Crippen molar-refractivity contribution < 1.29 is 5.11 Å². The fraction of sp³-hybridized carbons (Fsp3) is 0.364. The van der Waals surface area contributed by atoms with Gasteiger partial charge in [-0.1, -0.05) is 12.1 Å². The van der Waals surface area contributed by atoms with E-state index in [2.05, 4.69) is 38.0 Å². The van der Waals surface area contributed by atoms with E-state index in [1.807, 2.05) is 24.3 Å². The average Bonchev–Trinajstić information content (AvgIpc) is 2.63. The van der Waals surface area contributed by atoms with Crippen LogP contribution in [-0.4, -0.2) is 25.3 Å². The van der Waals surface area contributed by atoms with Crippen LogP contribution in [0.2, 0.25) is 0 Å². The number of aliphatic hydroxyl groups is 1. The lowest BCUT2D eigenvalue weighted by molar-refractivity contribution is 0.0554. The molecule has 0 amide bonds. The fourth-order valence-corrected chi connectivity index (χ4v) is 1.97. The van der Waals surface area contributed by atoms with Crippen LogP contribution >= 0.6 is 22.6 Å². The van der Waals surface area contributed by atoms with E-state index in [-0.39, 0.29) is 0 Å². The molecule has 0 saturated heterocycles. The van der Waals surface area contributed by atoms with Gasteiger partial charge >= 0.3 is 0 Å². The van der Waals surface area contributed by atoms with Crippen molar-refractivity contribution >= 4 is 22.6 Å². The number of tetrazole rings is 1. The summed E-state index contributed by atoms with van der Waals surface area (Å²) in [5.41, 5.74) is -0.127. The van der Waals surface area contributed by atoms with Gasteiger partial charge in [-0.3, -0.25) is 0 Å². The molecule has 2 aromatic rings. The Morgan fingerprint density at radius 3 is 2.53 bits per heavy atom. The maximum absolute atomic E-state index is 10.4. The second kappa shape index (κ2) is 4.69. The summed E-state index contributed by atoms with van der Waals surface area (Å²) in [6, 6.07) is 7.76. The summed E-state index contributed by atoms with van der Waals surface area (Å²) in [4.78, 5) is 1.39. The Balaban J connectivity index is 2.21. The summed E-state index contributed by atoms with van der Waals surface area (Å²) in [5, 5.41) is 22.1. The molecule has 6 heteroatoms. The number of halogens is 1. The van der Waals surface area contributed by atoms with Crippen LogP contribution < -0.4 is 0 Å². The van der Waals surface area contributed by atoms with Gasteiger partial charge < -0.3 is 5.11 Å². The molecule has 1 aromatic heterocycles. The monoisotopic (exact) mass is 344 g/mol. The lowest BCUT2D eigenvalue weighted by atomic mass is 9.92. The van der Waals surface area contributed by atoms with Gasteiger partial charge in [0.1, 0.15) is 0 Å². The van der Waals surface area contributed by atoms with Crippen molar-refractivity contribution in [3.05, 3.63) is 39.2 Å². The van der Waals surface area contributed by atoms with Crippen LogP contribution in [0.5, 0.6) is 0 Å². The van der Waals surface area contributed by atoms with E-state index < -0.39 is 5.60 Å². The van der Waals surface area contributed by atoms with Crippen molar-refractivity contribution in [1.82, 2.24) is 20.2 Å². The minimum absolute atomic E-state index is 0.349. The second-order valence-corrected chi connectivity index (χ2v) is 5.40. The number of aryl methyl sites for hydroxylation is 1. The summed E-state index contributed by atoms with van der Waals surface area (Å²) < 4.78 is 1.14. The van der Waals surface area contributed by atoms with Crippen molar-refractivity contribution in [2.75, 3.05) is 0 Å². The number of rotatable bonds is 3. The molecule has 0 saturated carbocycles. The van der Waals surface area contributed by atoms with E-state index in [0.29, 0.717) is 12.2 Å². The number of aromatic nitrogens is 4. The predicted molar refractivity (Wildman–Crippen MR) is 71.2 cm³/mol. The Bertz CT molecular complexity index is 506. The zero-order valence-corrected chi connectivity index (χ0v) is 11.8. The van der Waals surface area contributed by atoms with Crippen molar-refractivity contribution in [3.63, 3.8) is 0 Å². The van der Waals surface area contributed by atoms with Crippen LogP contribution in [0.4, 0.5) is 0 Å². The summed E-state index contributed by atoms with van der Waals surface area (Å²) in [6.07, 6.45) is 0.349. The number of benzene rings is 1. The third-order valence-electron chi connectivity index (χ3n) is 2.52. The average molecular weight is 344 g/mol. The van der Waals surface area contributed by atoms with Crippen LogP contribution in [0.3, 0.4) is 0 Å². The predicted octanol–water partition coefficient (Wildman–Crippen LogP) is 1.26. The first-order valence-electron chi connectivity index (χ1n) is 5.19. The lowest BCUT2D eigenvalue weighted by Gasteiger charge is -2.22. The molecule has 1 N–H and O–H groups in total. The molecule has 17 heavy (non-hydrogen) atoms. The topological polar surface area (TPSA) is 63.8 Å². The summed E-state index contributed by atoms with van der Waals surface area (Å²) in [6.45, 7) is 1.76. The highest BCUT2D eigenvalue weighted by Crippen LogP contribution is 2.24. The molecule has 5 nitrogen and oxygen atoms in total. The van der Waals surface area contributed by atoms with Crippen molar-refractivity contribution in [2.45, 2.75) is 18.9 Å². The Morgan fingerprint density at radius 2 is 2.00 bits per heavy atom. The van der Waals surface area contributed by atoms with E-state index in [9.17, 15) is 5.11 Å². The number of hydrogen-bond acceptors (Lipinski definition) is 4. The van der Waals surface area contributed by atoms with E-state index in [1.54, 1.807) is 14.0 Å². The van der Waals surface area contributed by atoms with Gasteiger partial charge in [-0.05, 0) is 52.4 Å². The van der Waals surface area contributed by atoms with Gasteiger partial charge in [-0.25, -0.2) is 0 Å². The second-order valence-electron chi connectivity index (χ2n) is 4.15. The highest BCUT2D eigenvalue weighted by molar-refractivity contribution is 14.1. The standard InChI is InChI=1S/C11H13IN4O/c1-11(17,7-10-13-15-16(2)14-10)8-3-5-9(12)6-4-8/h3-6,17H,7H2,1-2H3. The molecule has 0 aliphatic rings. The SMILES string of the molecule is Cn1nnc(CC(C)(O)c2ccc(I)cc2)n1. The maximum Gasteiger partial charge on any atom is 0.178 e. The zero-order valence-electron chi connectivity index (χ0n) is 9.63. The summed E-state index contributed by atoms with van der Waals surface area (Å²) in [5.74, 6) is 0.538. The van der Waals surface area contributed by atoms with Crippen LogP contribution in [0.1, 0.15) is 18.3 Å². The Labute approximate surface area is 113 Å². The Kier molecular flexibility index (Phi) is 3.43. The first-order chi connectivity index (χ1) is 7.97. The quantitative estimate of drug-likeness (QED) is 0.852. The van der Waals surface area contributed by atoms with Gasteiger partial charge in [0.2, 0.25) is 0 Å². The largest absolute Gasteiger partial charge is 0.385 e. The van der Waals surface area contributed by atoms with E-state index >= 15 is 0 Å². The maximum atomic E-state index is 10.4. The fourth-order valence-electron chi connectivity index (χ4n) is 1.61. The molecule has 1 aromatic carbocycles. The molecule has 2 rings (SSSR count). The molecule has 0 bridgehead atoms. The van der Waals surface area contributed by atoms with Crippen LogP contribution in [-0.2, 0) is 19.1 Å². The Morgan fingerprint density at radius 1 is 1.35 bits per heavy atom. The molecule has 0 fully saturated rings. The Hall–Kier alpha value is -1.02. The van der Waals surface area contributed by atoms with Gasteiger partial charge in [0.25, 0.3) is 0 Å². The highest BCUT2D eigenvalue weighted by Gasteiger charge is 2.25. The van der Waals surface area contributed by atoms with Crippen LogP contribution in [0.15, 0.2) is 24.3 Å². The molecular weight excluding hydrogens is 331 g/mol. The van der Waals surface area contributed by atoms with Crippen molar-refractivity contribution in [1.29, 1.82) is 0 Å². The van der Waals surface area contributed by atoms with E-state index in [4.69, 9.17) is 0 Å². The van der Waals surface area contributed by atoms with Crippen molar-refractivity contribution in [2.24, 2.45) is 7.05 Å². The van der Waals surface area contributed by atoms with Gasteiger partial charge in [0.15, 0.2) is 5.82 Å². The molecule has 90 valence electrons. The number of hydrogen-bond donors (Lipinski definition) is 1. The van der Waals surface area contributed by atoms with Gasteiger partial charge in [-0.15, -0.1) is 10.2 Å². The molecule has 1 atom stereocenters. The third kappa shape index (κ3) is 3.01. The molecule has 0 radical (unpaired) electrons. The molecule has 0 aliphatic carbocycles. The highest BCUT2D eigenvalue weighted by atomic mass is 127. The van der Waals surface area contributed by atoms with Gasteiger partial charge in [-0.2, -0.15) is 4.80 Å².